The summed E-state index contributed by atoms with van der Waals surface area (Å²) in [4.78, 5) is 15.0. The van der Waals surface area contributed by atoms with E-state index in [-0.39, 0.29) is 24.3 Å². The van der Waals surface area contributed by atoms with E-state index in [4.69, 9.17) is 5.73 Å². The van der Waals surface area contributed by atoms with E-state index >= 15 is 0 Å². The summed E-state index contributed by atoms with van der Waals surface area (Å²) in [7, 11) is 1.76. The van der Waals surface area contributed by atoms with Crippen molar-refractivity contribution in [3.05, 3.63) is 29.6 Å². The van der Waals surface area contributed by atoms with Crippen molar-refractivity contribution in [2.24, 2.45) is 5.73 Å². The van der Waals surface area contributed by atoms with Gasteiger partial charge in [0.1, 0.15) is 5.82 Å². The first kappa shape index (κ1) is 12.8. The van der Waals surface area contributed by atoms with Crippen LogP contribution in [0.1, 0.15) is 18.5 Å². The number of carbonyl (C=O) groups excluding carboxylic acids is 1. The van der Waals surface area contributed by atoms with Crippen LogP contribution in [0.2, 0.25) is 0 Å². The topological polar surface area (TPSA) is 49.6 Å². The average molecular weight is 251 g/mol. The van der Waals surface area contributed by atoms with E-state index in [1.165, 1.54) is 6.07 Å². The van der Waals surface area contributed by atoms with Crippen LogP contribution in [0.4, 0.5) is 10.1 Å². The lowest BCUT2D eigenvalue weighted by molar-refractivity contribution is -0.129. The van der Waals surface area contributed by atoms with Gasteiger partial charge in [0.25, 0.3) is 0 Å². The van der Waals surface area contributed by atoms with Crippen LogP contribution in [0.25, 0.3) is 0 Å². The number of hydrogen-bond acceptors (Lipinski definition) is 3. The van der Waals surface area contributed by atoms with E-state index in [9.17, 15) is 9.18 Å². The normalized spacial score (nSPS) is 18.1. The van der Waals surface area contributed by atoms with Crippen LogP contribution in [0.5, 0.6) is 0 Å². The molecule has 1 aliphatic heterocycles. The number of carbonyl (C=O) groups is 1. The molecule has 0 saturated carbocycles. The van der Waals surface area contributed by atoms with E-state index < -0.39 is 0 Å². The van der Waals surface area contributed by atoms with Crippen LogP contribution in [0, 0.1) is 5.82 Å². The summed E-state index contributed by atoms with van der Waals surface area (Å²) in [5.74, 6) is -0.306. The average Bonchev–Trinajstić information content (AvgIpc) is 2.32. The number of benzene rings is 1. The van der Waals surface area contributed by atoms with E-state index in [1.807, 2.05) is 13.0 Å². The maximum Gasteiger partial charge on any atom is 0.241 e. The Morgan fingerprint density at radius 2 is 2.11 bits per heavy atom. The highest BCUT2D eigenvalue weighted by Gasteiger charge is 2.23. The van der Waals surface area contributed by atoms with Gasteiger partial charge in [-0.05, 0) is 24.6 Å². The zero-order valence-electron chi connectivity index (χ0n) is 10.7. The van der Waals surface area contributed by atoms with Crippen molar-refractivity contribution in [2.75, 3.05) is 31.6 Å². The van der Waals surface area contributed by atoms with Gasteiger partial charge in [0.15, 0.2) is 0 Å². The number of piperazine rings is 1. The fourth-order valence-electron chi connectivity index (χ4n) is 2.03. The fraction of sp³-hybridized carbons (Fsp3) is 0.462. The van der Waals surface area contributed by atoms with Gasteiger partial charge in [0.05, 0.1) is 12.2 Å². The molecule has 1 fully saturated rings. The van der Waals surface area contributed by atoms with Crippen molar-refractivity contribution < 1.29 is 9.18 Å². The first-order chi connectivity index (χ1) is 8.49. The van der Waals surface area contributed by atoms with Crippen molar-refractivity contribution in [2.45, 2.75) is 13.0 Å². The standard InChI is InChI=1S/C13H18FN3O/c1-9(15)10-3-4-12(11(14)7-10)17-6-5-16(2)13(18)8-17/h3-4,7,9H,5-6,8,15H2,1-2H3. The van der Waals surface area contributed by atoms with Gasteiger partial charge in [0.2, 0.25) is 5.91 Å². The van der Waals surface area contributed by atoms with E-state index in [0.29, 0.717) is 18.8 Å². The van der Waals surface area contributed by atoms with Crippen LogP contribution < -0.4 is 10.6 Å². The molecule has 0 spiro atoms. The van der Waals surface area contributed by atoms with Crippen molar-refractivity contribution >= 4 is 11.6 Å². The number of hydrogen-bond donors (Lipinski definition) is 1. The summed E-state index contributed by atoms with van der Waals surface area (Å²) < 4.78 is 14.0. The molecule has 18 heavy (non-hydrogen) atoms. The highest BCUT2D eigenvalue weighted by molar-refractivity contribution is 5.82. The number of rotatable bonds is 2. The Hall–Kier alpha value is -1.62. The lowest BCUT2D eigenvalue weighted by Crippen LogP contribution is -2.48. The smallest absolute Gasteiger partial charge is 0.241 e. The lowest BCUT2D eigenvalue weighted by atomic mass is 10.1. The third kappa shape index (κ3) is 2.46. The second kappa shape index (κ2) is 4.94. The van der Waals surface area contributed by atoms with Crippen LogP contribution in [-0.2, 0) is 4.79 Å². The predicted octanol–water partition coefficient (Wildman–Crippen LogP) is 1.12. The molecule has 0 bridgehead atoms. The van der Waals surface area contributed by atoms with Gasteiger partial charge in [-0.3, -0.25) is 4.79 Å². The molecule has 0 radical (unpaired) electrons. The molecule has 0 aromatic heterocycles. The SMILES string of the molecule is CC(N)c1ccc(N2CCN(C)C(=O)C2)c(F)c1. The Balaban J connectivity index is 2.21. The summed E-state index contributed by atoms with van der Waals surface area (Å²) in [6, 6.07) is 4.77. The van der Waals surface area contributed by atoms with E-state index in [2.05, 4.69) is 0 Å². The molecule has 0 aliphatic carbocycles. The van der Waals surface area contributed by atoms with Crippen molar-refractivity contribution in [3.63, 3.8) is 0 Å². The number of halogens is 1. The zero-order valence-corrected chi connectivity index (χ0v) is 10.7. The van der Waals surface area contributed by atoms with Crippen LogP contribution in [0.15, 0.2) is 18.2 Å². The van der Waals surface area contributed by atoms with Crippen LogP contribution >= 0.6 is 0 Å². The second-order valence-corrected chi connectivity index (χ2v) is 4.74. The minimum absolute atomic E-state index is 0.0110. The molecule has 1 unspecified atom stereocenters. The molecule has 1 aromatic rings. The molecule has 1 atom stereocenters. The van der Waals surface area contributed by atoms with Gasteiger partial charge in [0, 0.05) is 26.2 Å². The third-order valence-electron chi connectivity index (χ3n) is 3.30. The summed E-state index contributed by atoms with van der Waals surface area (Å²) in [6.45, 7) is 3.31. The molecule has 5 heteroatoms. The number of amides is 1. The van der Waals surface area contributed by atoms with Gasteiger partial charge in [-0.25, -0.2) is 4.39 Å². The molecule has 2 rings (SSSR count). The molecular weight excluding hydrogens is 233 g/mol. The first-order valence-electron chi connectivity index (χ1n) is 6.03. The van der Waals surface area contributed by atoms with Crippen molar-refractivity contribution in [3.8, 4) is 0 Å². The highest BCUT2D eigenvalue weighted by Crippen LogP contribution is 2.23. The largest absolute Gasteiger partial charge is 0.358 e. The zero-order chi connectivity index (χ0) is 13.3. The molecule has 98 valence electrons. The van der Waals surface area contributed by atoms with Crippen LogP contribution in [-0.4, -0.2) is 37.5 Å². The molecule has 4 nitrogen and oxygen atoms in total. The highest BCUT2D eigenvalue weighted by atomic mass is 19.1. The quantitative estimate of drug-likeness (QED) is 0.857. The molecule has 1 aromatic carbocycles. The summed E-state index contributed by atoms with van der Waals surface area (Å²) in [5, 5.41) is 0. The fourth-order valence-corrected chi connectivity index (χ4v) is 2.03. The van der Waals surface area contributed by atoms with Gasteiger partial charge >= 0.3 is 0 Å². The molecule has 2 N–H and O–H groups in total. The Kier molecular flexibility index (Phi) is 3.52. The Morgan fingerprint density at radius 3 is 2.67 bits per heavy atom. The molecule has 1 saturated heterocycles. The minimum Gasteiger partial charge on any atom is -0.358 e. The van der Waals surface area contributed by atoms with Crippen molar-refractivity contribution in [1.82, 2.24) is 4.90 Å². The lowest BCUT2D eigenvalue weighted by Gasteiger charge is -2.33. The number of likely N-dealkylation sites (N-methyl/N-ethyl adjacent to an activating group) is 1. The Labute approximate surface area is 106 Å². The van der Waals surface area contributed by atoms with Gasteiger partial charge < -0.3 is 15.5 Å². The van der Waals surface area contributed by atoms with E-state index in [1.54, 1.807) is 22.9 Å². The Bertz CT molecular complexity index is 462. The third-order valence-corrected chi connectivity index (χ3v) is 3.30. The number of anilines is 1. The van der Waals surface area contributed by atoms with Gasteiger partial charge in [-0.1, -0.05) is 6.07 Å². The Morgan fingerprint density at radius 1 is 1.39 bits per heavy atom. The molecule has 1 heterocycles. The molecule has 1 aliphatic rings. The van der Waals surface area contributed by atoms with Gasteiger partial charge in [-0.15, -0.1) is 0 Å². The molecular formula is C13H18FN3O. The molecule has 1 amide bonds. The van der Waals surface area contributed by atoms with Crippen LogP contribution in [0.3, 0.4) is 0 Å². The number of nitrogens with zero attached hydrogens (tertiary/aromatic N) is 2. The predicted molar refractivity (Wildman–Crippen MR) is 68.9 cm³/mol. The van der Waals surface area contributed by atoms with Crippen molar-refractivity contribution in [1.29, 1.82) is 0 Å². The monoisotopic (exact) mass is 251 g/mol. The minimum atomic E-state index is -0.317. The second-order valence-electron chi connectivity index (χ2n) is 4.74. The summed E-state index contributed by atoms with van der Waals surface area (Å²) in [6.07, 6.45) is 0. The first-order valence-corrected chi connectivity index (χ1v) is 6.03. The van der Waals surface area contributed by atoms with Gasteiger partial charge in [-0.2, -0.15) is 0 Å². The number of nitrogens with two attached hydrogens (primary N) is 1. The summed E-state index contributed by atoms with van der Waals surface area (Å²) in [5.41, 5.74) is 6.94. The maximum atomic E-state index is 14.0. The maximum absolute atomic E-state index is 14.0. The summed E-state index contributed by atoms with van der Waals surface area (Å²) >= 11 is 0. The van der Waals surface area contributed by atoms with E-state index in [0.717, 1.165) is 5.56 Å².